The molecule has 1 aromatic heterocycles. The van der Waals surface area contributed by atoms with Gasteiger partial charge in [-0.1, -0.05) is 73.4 Å². The number of rotatable bonds is 6. The Balaban J connectivity index is 2.12. The molecule has 0 aliphatic heterocycles. The van der Waals surface area contributed by atoms with E-state index in [1.807, 2.05) is 43.6 Å². The lowest BCUT2D eigenvalue weighted by molar-refractivity contribution is 1.29. The summed E-state index contributed by atoms with van der Waals surface area (Å²) in [6, 6.07) is 8.59. The van der Waals surface area contributed by atoms with Crippen molar-refractivity contribution in [2.75, 3.05) is 7.05 Å². The van der Waals surface area contributed by atoms with Crippen LogP contribution >= 0.6 is 0 Å². The molecule has 0 amide bonds. The first-order chi connectivity index (χ1) is 14.8. The van der Waals surface area contributed by atoms with Crippen LogP contribution in [0.1, 0.15) is 30.9 Å². The predicted molar refractivity (Wildman–Crippen MR) is 133 cm³/mol. The first-order valence-corrected chi connectivity index (χ1v) is 10.3. The van der Waals surface area contributed by atoms with Crippen LogP contribution in [-0.4, -0.2) is 18.2 Å². The minimum atomic E-state index is 0.927. The Kier molecular flexibility index (Phi) is 7.68. The van der Waals surface area contributed by atoms with Gasteiger partial charge in [0.2, 0.25) is 0 Å². The SMILES string of the molecule is C=CC(=C\C=C/C)/C(=C/C=NC)c1ccc2c(/C3=C/C=C\C/C=C\C3)ccnc2c1. The summed E-state index contributed by atoms with van der Waals surface area (Å²) in [5, 5.41) is 1.16. The topological polar surface area (TPSA) is 25.2 Å². The third-order valence-corrected chi connectivity index (χ3v) is 5.00. The maximum absolute atomic E-state index is 4.67. The molecule has 0 unspecified atom stereocenters. The van der Waals surface area contributed by atoms with Crippen molar-refractivity contribution in [1.29, 1.82) is 0 Å². The first kappa shape index (κ1) is 21.2. The second kappa shape index (κ2) is 10.9. The number of aromatic nitrogens is 1. The zero-order chi connectivity index (χ0) is 21.2. The van der Waals surface area contributed by atoms with Gasteiger partial charge in [-0.15, -0.1) is 0 Å². The summed E-state index contributed by atoms with van der Waals surface area (Å²) < 4.78 is 0. The monoisotopic (exact) mass is 392 g/mol. The van der Waals surface area contributed by atoms with Crippen molar-refractivity contribution in [3.05, 3.63) is 115 Å². The van der Waals surface area contributed by atoms with Crippen LogP contribution in [0, 0.1) is 0 Å². The van der Waals surface area contributed by atoms with Crippen LogP contribution < -0.4 is 0 Å². The number of pyridine rings is 1. The Morgan fingerprint density at radius 2 is 2.03 bits per heavy atom. The lowest BCUT2D eigenvalue weighted by atomic mass is 9.93. The second-order valence-electron chi connectivity index (χ2n) is 6.96. The van der Waals surface area contributed by atoms with Gasteiger partial charge < -0.3 is 0 Å². The lowest BCUT2D eigenvalue weighted by Gasteiger charge is -2.13. The maximum atomic E-state index is 4.67. The smallest absolute Gasteiger partial charge is 0.0714 e. The maximum Gasteiger partial charge on any atom is 0.0714 e. The normalized spacial score (nSPS) is 19.5. The highest BCUT2D eigenvalue weighted by atomic mass is 14.6. The molecule has 150 valence electrons. The van der Waals surface area contributed by atoms with E-state index in [1.54, 1.807) is 7.05 Å². The van der Waals surface area contributed by atoms with Gasteiger partial charge in [-0.25, -0.2) is 0 Å². The van der Waals surface area contributed by atoms with E-state index in [1.165, 1.54) is 11.1 Å². The van der Waals surface area contributed by atoms with E-state index in [-0.39, 0.29) is 0 Å². The number of fused-ring (bicyclic) bond motifs is 1. The average Bonchev–Trinajstić information content (AvgIpc) is 2.75. The van der Waals surface area contributed by atoms with Crippen molar-refractivity contribution in [2.45, 2.75) is 19.8 Å². The van der Waals surface area contributed by atoms with Crippen molar-refractivity contribution in [1.82, 2.24) is 4.98 Å². The van der Waals surface area contributed by atoms with Crippen LogP contribution in [0.4, 0.5) is 0 Å². The predicted octanol–water partition coefficient (Wildman–Crippen LogP) is 7.30. The fourth-order valence-electron chi connectivity index (χ4n) is 3.49. The standard InChI is InChI=1S/C28H28N2/c1-4-6-12-22(5-2)25(17-19-29-3)24-15-16-27-26(18-20-30-28(27)21-24)23-13-10-8-7-9-11-14-23/h4-6,8-13,15-21H,2,7,14H2,1,3H3/b6-4-,10-8-,11-9-,22-12+,23-13+,25-17-,29-19?. The quantitative estimate of drug-likeness (QED) is 0.288. The molecule has 1 heterocycles. The molecule has 0 fully saturated rings. The molecule has 0 atom stereocenters. The minimum Gasteiger partial charge on any atom is -0.296 e. The first-order valence-electron chi connectivity index (χ1n) is 10.3. The summed E-state index contributed by atoms with van der Waals surface area (Å²) in [5.74, 6) is 0. The summed E-state index contributed by atoms with van der Waals surface area (Å²) in [6.45, 7) is 6.00. The largest absolute Gasteiger partial charge is 0.296 e. The van der Waals surface area contributed by atoms with Crippen LogP contribution in [0.5, 0.6) is 0 Å². The molecular formula is C28H28N2. The Morgan fingerprint density at radius 3 is 2.83 bits per heavy atom. The van der Waals surface area contributed by atoms with E-state index in [2.05, 4.69) is 77.3 Å². The van der Waals surface area contributed by atoms with Gasteiger partial charge >= 0.3 is 0 Å². The van der Waals surface area contributed by atoms with E-state index in [0.29, 0.717) is 0 Å². The third-order valence-electron chi connectivity index (χ3n) is 5.00. The van der Waals surface area contributed by atoms with Gasteiger partial charge in [-0.3, -0.25) is 9.98 Å². The Hall–Kier alpha value is -3.52. The van der Waals surface area contributed by atoms with Gasteiger partial charge in [0.05, 0.1) is 5.52 Å². The van der Waals surface area contributed by atoms with E-state index in [9.17, 15) is 0 Å². The van der Waals surface area contributed by atoms with Crippen LogP contribution in [0.2, 0.25) is 0 Å². The zero-order valence-corrected chi connectivity index (χ0v) is 17.8. The van der Waals surface area contributed by atoms with Crippen molar-refractivity contribution in [2.24, 2.45) is 4.99 Å². The Labute approximate surface area is 179 Å². The molecule has 1 aromatic carbocycles. The zero-order valence-electron chi connectivity index (χ0n) is 17.8. The fourth-order valence-corrected chi connectivity index (χ4v) is 3.49. The van der Waals surface area contributed by atoms with Gasteiger partial charge in [0.1, 0.15) is 0 Å². The number of allylic oxidation sites excluding steroid dienone is 13. The molecule has 1 aliphatic rings. The van der Waals surface area contributed by atoms with Gasteiger partial charge in [0, 0.05) is 24.8 Å². The van der Waals surface area contributed by atoms with Gasteiger partial charge in [-0.05, 0) is 65.8 Å². The molecular weight excluding hydrogens is 364 g/mol. The number of aliphatic imine (C=N–C) groups is 1. The summed E-state index contributed by atoms with van der Waals surface area (Å²) in [6.07, 6.45) is 26.6. The molecule has 0 saturated carbocycles. The van der Waals surface area contributed by atoms with Crippen molar-refractivity contribution < 1.29 is 0 Å². The van der Waals surface area contributed by atoms with Crippen LogP contribution in [0.3, 0.4) is 0 Å². The number of hydrogen-bond acceptors (Lipinski definition) is 2. The van der Waals surface area contributed by atoms with Crippen molar-refractivity contribution in [3.63, 3.8) is 0 Å². The fraction of sp³-hybridized carbons (Fsp3) is 0.143. The molecule has 1 aliphatic carbocycles. The highest BCUT2D eigenvalue weighted by Gasteiger charge is 2.10. The molecule has 0 N–H and O–H groups in total. The van der Waals surface area contributed by atoms with E-state index in [0.717, 1.165) is 40.5 Å². The second-order valence-corrected chi connectivity index (χ2v) is 6.96. The molecule has 0 bridgehead atoms. The van der Waals surface area contributed by atoms with E-state index >= 15 is 0 Å². The van der Waals surface area contributed by atoms with Crippen molar-refractivity contribution in [3.8, 4) is 0 Å². The minimum absolute atomic E-state index is 0.927. The molecule has 0 saturated heterocycles. The molecule has 3 rings (SSSR count). The molecule has 30 heavy (non-hydrogen) atoms. The molecule has 0 spiro atoms. The summed E-state index contributed by atoms with van der Waals surface area (Å²) in [5.41, 5.74) is 6.72. The third kappa shape index (κ3) is 5.09. The van der Waals surface area contributed by atoms with Gasteiger partial charge in [0.15, 0.2) is 0 Å². The highest BCUT2D eigenvalue weighted by Crippen LogP contribution is 2.31. The van der Waals surface area contributed by atoms with Crippen molar-refractivity contribution >= 4 is 28.3 Å². The Morgan fingerprint density at radius 1 is 1.13 bits per heavy atom. The molecule has 2 aromatic rings. The van der Waals surface area contributed by atoms with Crippen LogP contribution in [-0.2, 0) is 0 Å². The Bertz CT molecular complexity index is 1120. The van der Waals surface area contributed by atoms with Gasteiger partial charge in [0.25, 0.3) is 0 Å². The molecule has 2 heteroatoms. The summed E-state index contributed by atoms with van der Waals surface area (Å²) in [7, 11) is 1.77. The number of hydrogen-bond donors (Lipinski definition) is 0. The van der Waals surface area contributed by atoms with E-state index < -0.39 is 0 Å². The van der Waals surface area contributed by atoms with Gasteiger partial charge in [-0.2, -0.15) is 0 Å². The number of nitrogens with zero attached hydrogens (tertiary/aromatic N) is 2. The van der Waals surface area contributed by atoms with E-state index in [4.69, 9.17) is 0 Å². The molecule has 2 nitrogen and oxygen atoms in total. The van der Waals surface area contributed by atoms with Crippen LogP contribution in [0.15, 0.2) is 108 Å². The average molecular weight is 393 g/mol. The summed E-state index contributed by atoms with van der Waals surface area (Å²) >= 11 is 0. The highest BCUT2D eigenvalue weighted by molar-refractivity contribution is 5.98. The number of benzene rings is 1. The van der Waals surface area contributed by atoms with Crippen LogP contribution in [0.25, 0.3) is 22.0 Å². The lowest BCUT2D eigenvalue weighted by Crippen LogP contribution is -1.93. The summed E-state index contributed by atoms with van der Waals surface area (Å²) in [4.78, 5) is 8.80. The molecule has 0 radical (unpaired) electrons.